The fraction of sp³-hybridized carbons (Fsp3) is 0.520. The second-order valence-electron chi connectivity index (χ2n) is 8.76. The van der Waals surface area contributed by atoms with Crippen molar-refractivity contribution in [2.24, 2.45) is 0 Å². The van der Waals surface area contributed by atoms with Crippen LogP contribution in [0.1, 0.15) is 61.1 Å². The van der Waals surface area contributed by atoms with Crippen LogP contribution in [0.4, 0.5) is 0 Å². The van der Waals surface area contributed by atoms with E-state index in [1.165, 1.54) is 5.56 Å². The summed E-state index contributed by atoms with van der Waals surface area (Å²) in [5.74, 6) is 0.874. The number of rotatable bonds is 7. The van der Waals surface area contributed by atoms with Crippen molar-refractivity contribution >= 4 is 27.8 Å². The summed E-state index contributed by atoms with van der Waals surface area (Å²) in [5.41, 5.74) is 4.26. The molecule has 0 fully saturated rings. The number of furan rings is 1. The molecule has 31 heavy (non-hydrogen) atoms. The van der Waals surface area contributed by atoms with Gasteiger partial charge in [-0.15, -0.1) is 0 Å². The molecule has 0 saturated carbocycles. The zero-order chi connectivity index (χ0) is 22.1. The minimum absolute atomic E-state index is 0.00965. The van der Waals surface area contributed by atoms with Crippen LogP contribution in [-0.2, 0) is 28.8 Å². The van der Waals surface area contributed by atoms with Crippen LogP contribution in [0.25, 0.3) is 21.9 Å². The number of fused-ring (bicyclic) bond motifs is 4. The van der Waals surface area contributed by atoms with Crippen LogP contribution in [-0.4, -0.2) is 25.2 Å². The third-order valence-electron chi connectivity index (χ3n) is 6.16. The van der Waals surface area contributed by atoms with Gasteiger partial charge in [0.15, 0.2) is 0 Å². The summed E-state index contributed by atoms with van der Waals surface area (Å²) >= 11 is 0. The van der Waals surface area contributed by atoms with Crippen molar-refractivity contribution in [2.75, 3.05) is 13.2 Å². The largest absolute Gasteiger partial charge is 0.460 e. The van der Waals surface area contributed by atoms with Crippen molar-refractivity contribution in [1.29, 1.82) is 0 Å². The monoisotopic (exact) mass is 425 g/mol. The van der Waals surface area contributed by atoms with Gasteiger partial charge in [0.1, 0.15) is 16.9 Å². The van der Waals surface area contributed by atoms with Crippen LogP contribution >= 0.6 is 0 Å². The van der Waals surface area contributed by atoms with Crippen molar-refractivity contribution in [3.63, 3.8) is 0 Å². The Morgan fingerprint density at radius 1 is 1.10 bits per heavy atom. The summed E-state index contributed by atoms with van der Waals surface area (Å²) in [6, 6.07) is 2.08. The van der Waals surface area contributed by atoms with Crippen molar-refractivity contribution in [2.45, 2.75) is 72.3 Å². The first-order valence-corrected chi connectivity index (χ1v) is 11.2. The highest BCUT2D eigenvalue weighted by molar-refractivity contribution is 6.00. The molecule has 1 aliphatic rings. The number of carbonyl (C=O) groups excluding carboxylic acids is 1. The number of hydrogen-bond acceptors (Lipinski definition) is 5. The van der Waals surface area contributed by atoms with E-state index in [2.05, 4.69) is 11.4 Å². The van der Waals surface area contributed by atoms with Crippen LogP contribution in [0.3, 0.4) is 0 Å². The molecule has 1 N–H and O–H groups in total. The maximum atomic E-state index is 12.7. The third kappa shape index (κ3) is 4.26. The Morgan fingerprint density at radius 3 is 2.61 bits per heavy atom. The molecule has 2 heterocycles. The van der Waals surface area contributed by atoms with Gasteiger partial charge in [0, 0.05) is 41.5 Å². The Labute approximate surface area is 181 Å². The summed E-state index contributed by atoms with van der Waals surface area (Å²) in [6.45, 7) is 8.91. The Kier molecular flexibility index (Phi) is 6.19. The molecular formula is C25H31NO5. The first-order valence-electron chi connectivity index (χ1n) is 11.2. The van der Waals surface area contributed by atoms with Crippen LogP contribution in [0.2, 0.25) is 0 Å². The van der Waals surface area contributed by atoms with Gasteiger partial charge in [-0.3, -0.25) is 4.79 Å². The lowest BCUT2D eigenvalue weighted by molar-refractivity contribution is -0.120. The smallest absolute Gasteiger partial charge is 0.340 e. The summed E-state index contributed by atoms with van der Waals surface area (Å²) in [6.07, 6.45) is 5.19. The van der Waals surface area contributed by atoms with Gasteiger partial charge in [-0.2, -0.15) is 0 Å². The van der Waals surface area contributed by atoms with Gasteiger partial charge in [-0.25, -0.2) is 4.79 Å². The minimum Gasteiger partial charge on any atom is -0.460 e. The van der Waals surface area contributed by atoms with Gasteiger partial charge < -0.3 is 18.9 Å². The Hall–Kier alpha value is -2.60. The lowest BCUT2D eigenvalue weighted by Gasteiger charge is -2.11. The molecule has 0 unspecified atom stereocenters. The molecule has 0 aliphatic heterocycles. The number of amides is 1. The molecule has 0 spiro atoms. The molecule has 0 saturated heterocycles. The predicted molar refractivity (Wildman–Crippen MR) is 121 cm³/mol. The van der Waals surface area contributed by atoms with Gasteiger partial charge in [0.05, 0.1) is 18.1 Å². The van der Waals surface area contributed by atoms with Gasteiger partial charge >= 0.3 is 5.63 Å². The molecule has 0 radical (unpaired) electrons. The Balaban J connectivity index is 1.62. The number of carbonyl (C=O) groups is 1. The van der Waals surface area contributed by atoms with Crippen LogP contribution < -0.4 is 10.9 Å². The average Bonchev–Trinajstić information content (AvgIpc) is 3.11. The fourth-order valence-corrected chi connectivity index (χ4v) is 4.46. The summed E-state index contributed by atoms with van der Waals surface area (Å²) in [7, 11) is 0. The van der Waals surface area contributed by atoms with Gasteiger partial charge in [-0.05, 0) is 65.0 Å². The van der Waals surface area contributed by atoms with E-state index in [4.69, 9.17) is 13.6 Å². The molecule has 0 atom stereocenters. The maximum Gasteiger partial charge on any atom is 0.340 e. The molecule has 2 aromatic heterocycles. The highest BCUT2D eigenvalue weighted by atomic mass is 16.5. The Morgan fingerprint density at radius 2 is 1.84 bits per heavy atom. The molecule has 1 aromatic carbocycles. The summed E-state index contributed by atoms with van der Waals surface area (Å²) < 4.78 is 17.3. The fourth-order valence-electron chi connectivity index (χ4n) is 4.46. The highest BCUT2D eigenvalue weighted by Gasteiger charge is 2.23. The van der Waals surface area contributed by atoms with Gasteiger partial charge in [-0.1, -0.05) is 0 Å². The number of aryl methyl sites for hydroxylation is 4. The zero-order valence-corrected chi connectivity index (χ0v) is 18.9. The van der Waals surface area contributed by atoms with E-state index >= 15 is 0 Å². The van der Waals surface area contributed by atoms with Crippen LogP contribution in [0, 0.1) is 13.8 Å². The van der Waals surface area contributed by atoms with Crippen molar-refractivity contribution in [3.8, 4) is 0 Å². The summed E-state index contributed by atoms with van der Waals surface area (Å²) in [4.78, 5) is 25.2. The van der Waals surface area contributed by atoms with Gasteiger partial charge in [0.25, 0.3) is 0 Å². The molecule has 4 rings (SSSR count). The van der Waals surface area contributed by atoms with Crippen LogP contribution in [0.15, 0.2) is 19.7 Å². The number of nitrogens with one attached hydrogen (secondary N) is 1. The molecule has 0 bridgehead atoms. The minimum atomic E-state index is -0.456. The first-order chi connectivity index (χ1) is 14.9. The van der Waals surface area contributed by atoms with E-state index in [9.17, 15) is 9.59 Å². The predicted octanol–water partition coefficient (Wildman–Crippen LogP) is 4.51. The zero-order valence-electron chi connectivity index (χ0n) is 18.9. The van der Waals surface area contributed by atoms with E-state index in [0.717, 1.165) is 65.3 Å². The molecule has 1 aliphatic carbocycles. The number of ether oxygens (including phenoxy) is 1. The highest BCUT2D eigenvalue weighted by Crippen LogP contribution is 2.37. The second kappa shape index (κ2) is 8.87. The third-order valence-corrected chi connectivity index (χ3v) is 6.16. The molecule has 3 aromatic rings. The SMILES string of the molecule is Cc1c(CC(=O)NCCCOC(C)C)c(=O)oc2c(C)c3oc4c(c3cc12)CCCC4. The van der Waals surface area contributed by atoms with Crippen molar-refractivity contribution < 1.29 is 18.4 Å². The summed E-state index contributed by atoms with van der Waals surface area (Å²) in [5, 5.41) is 4.86. The first kappa shape index (κ1) is 21.6. The number of hydrogen-bond donors (Lipinski definition) is 1. The second-order valence-corrected chi connectivity index (χ2v) is 8.76. The lowest BCUT2D eigenvalue weighted by Crippen LogP contribution is -2.29. The van der Waals surface area contributed by atoms with Crippen molar-refractivity contribution in [1.82, 2.24) is 5.32 Å². The van der Waals surface area contributed by atoms with Gasteiger partial charge in [0.2, 0.25) is 5.91 Å². The molecule has 1 amide bonds. The van der Waals surface area contributed by atoms with E-state index in [0.29, 0.717) is 24.3 Å². The number of benzene rings is 1. The Bertz CT molecular complexity index is 1180. The standard InChI is InChI=1S/C25H31NO5/c1-14(2)29-11-7-10-26-22(27)13-19-15(3)18-12-20-17-8-5-6-9-21(17)30-24(20)16(4)23(18)31-25(19)28/h12,14H,5-11,13H2,1-4H3,(H,26,27). The topological polar surface area (TPSA) is 81.7 Å². The van der Waals surface area contributed by atoms with Crippen molar-refractivity contribution in [3.05, 3.63) is 44.5 Å². The molecule has 6 heteroatoms. The normalized spacial score (nSPS) is 13.8. The quantitative estimate of drug-likeness (QED) is 0.445. The van der Waals surface area contributed by atoms with E-state index in [1.807, 2.05) is 27.7 Å². The lowest BCUT2D eigenvalue weighted by atomic mass is 9.93. The average molecular weight is 426 g/mol. The molecule has 166 valence electrons. The van der Waals surface area contributed by atoms with E-state index in [-0.39, 0.29) is 18.4 Å². The van der Waals surface area contributed by atoms with E-state index in [1.54, 1.807) is 0 Å². The van der Waals surface area contributed by atoms with Crippen LogP contribution in [0.5, 0.6) is 0 Å². The molecule has 6 nitrogen and oxygen atoms in total. The maximum absolute atomic E-state index is 12.7. The molecular weight excluding hydrogens is 394 g/mol. The van der Waals surface area contributed by atoms with E-state index < -0.39 is 5.63 Å².